The predicted octanol–water partition coefficient (Wildman–Crippen LogP) is 3.69. The zero-order valence-corrected chi connectivity index (χ0v) is 19.9. The maximum Gasteiger partial charge on any atom is 0.300 e. The van der Waals surface area contributed by atoms with E-state index in [0.29, 0.717) is 49.3 Å². The Morgan fingerprint density at radius 2 is 1.80 bits per heavy atom. The van der Waals surface area contributed by atoms with E-state index in [1.54, 1.807) is 4.90 Å². The second-order valence-corrected chi connectivity index (χ2v) is 9.56. The highest BCUT2D eigenvalue weighted by Crippen LogP contribution is 2.34. The van der Waals surface area contributed by atoms with Crippen molar-refractivity contribution in [2.75, 3.05) is 31.1 Å². The Morgan fingerprint density at radius 1 is 1.06 bits per heavy atom. The number of aromatic hydroxyl groups is 1. The number of nitrogens with zero attached hydrogens (tertiary/aromatic N) is 6. The zero-order valence-electron chi connectivity index (χ0n) is 19.9. The van der Waals surface area contributed by atoms with E-state index in [-0.39, 0.29) is 22.9 Å². The van der Waals surface area contributed by atoms with Gasteiger partial charge in [0.1, 0.15) is 17.1 Å². The van der Waals surface area contributed by atoms with Gasteiger partial charge in [-0.2, -0.15) is 4.98 Å². The van der Waals surface area contributed by atoms with Crippen molar-refractivity contribution in [3.8, 4) is 17.2 Å². The standard InChI is InChI=1S/C24H25FN6O4/c1-13-5-6-17-19(26-13)27-23(34-17)31-9-7-30(8-10-31)21(33)14-11-15(25)18(16(32)12-14)20-28-29-22(35-20)24(2,3)4/h5-6,11-12,32H,7-10H2,1-4H3. The van der Waals surface area contributed by atoms with Crippen LogP contribution in [0.5, 0.6) is 5.75 Å². The number of carbonyl (C=O) groups is 1. The molecule has 1 aliphatic heterocycles. The van der Waals surface area contributed by atoms with E-state index in [9.17, 15) is 14.3 Å². The molecular weight excluding hydrogens is 455 g/mol. The van der Waals surface area contributed by atoms with Crippen molar-refractivity contribution in [3.05, 3.63) is 47.2 Å². The third-order valence-electron chi connectivity index (χ3n) is 5.82. The SMILES string of the molecule is Cc1ccc2oc(N3CCN(C(=O)c4cc(O)c(-c5nnc(C(C)(C)C)o5)c(F)c4)CC3)nc2n1. The molecule has 1 aromatic carbocycles. The number of phenolic OH excluding ortho intramolecular Hbond substituents is 1. The number of piperazine rings is 1. The average molecular weight is 481 g/mol. The van der Waals surface area contributed by atoms with Crippen LogP contribution < -0.4 is 4.90 Å². The highest BCUT2D eigenvalue weighted by molar-refractivity contribution is 5.95. The van der Waals surface area contributed by atoms with Crippen molar-refractivity contribution in [2.45, 2.75) is 33.1 Å². The number of benzene rings is 1. The number of carbonyl (C=O) groups excluding carboxylic acids is 1. The molecule has 1 saturated heterocycles. The number of anilines is 1. The van der Waals surface area contributed by atoms with Gasteiger partial charge in [-0.1, -0.05) is 20.8 Å². The van der Waals surface area contributed by atoms with E-state index in [1.165, 1.54) is 6.07 Å². The van der Waals surface area contributed by atoms with Crippen molar-refractivity contribution < 1.29 is 23.1 Å². The first-order chi connectivity index (χ1) is 16.6. The summed E-state index contributed by atoms with van der Waals surface area (Å²) >= 11 is 0. The number of halogens is 1. The molecule has 1 fully saturated rings. The molecule has 0 spiro atoms. The maximum atomic E-state index is 14.9. The van der Waals surface area contributed by atoms with Crippen molar-refractivity contribution in [2.24, 2.45) is 0 Å². The van der Waals surface area contributed by atoms with Crippen molar-refractivity contribution in [1.29, 1.82) is 0 Å². The molecule has 0 saturated carbocycles. The lowest BCUT2D eigenvalue weighted by Gasteiger charge is -2.33. The van der Waals surface area contributed by atoms with Gasteiger partial charge in [0.15, 0.2) is 5.58 Å². The number of pyridine rings is 1. The predicted molar refractivity (Wildman–Crippen MR) is 125 cm³/mol. The summed E-state index contributed by atoms with van der Waals surface area (Å²) in [5, 5.41) is 18.3. The molecule has 0 atom stereocenters. The number of amides is 1. The van der Waals surface area contributed by atoms with Crippen LogP contribution in [0.15, 0.2) is 33.1 Å². The molecule has 4 aromatic rings. The summed E-state index contributed by atoms with van der Waals surface area (Å²) in [6, 6.07) is 6.45. The molecule has 5 rings (SSSR count). The molecular formula is C24H25FN6O4. The summed E-state index contributed by atoms with van der Waals surface area (Å²) in [4.78, 5) is 25.4. The van der Waals surface area contributed by atoms with Gasteiger partial charge in [0.05, 0.1) is 0 Å². The van der Waals surface area contributed by atoms with E-state index in [4.69, 9.17) is 8.83 Å². The molecule has 11 heteroatoms. The number of fused-ring (bicyclic) bond motifs is 1. The molecule has 182 valence electrons. The van der Waals surface area contributed by atoms with Crippen LogP contribution in [0.4, 0.5) is 10.4 Å². The third-order valence-corrected chi connectivity index (χ3v) is 5.82. The molecule has 1 amide bonds. The molecule has 4 heterocycles. The first kappa shape index (κ1) is 22.8. The van der Waals surface area contributed by atoms with Crippen molar-refractivity contribution >= 4 is 23.2 Å². The number of oxazole rings is 1. The second-order valence-electron chi connectivity index (χ2n) is 9.56. The monoisotopic (exact) mass is 480 g/mol. The molecule has 1 aliphatic rings. The highest BCUT2D eigenvalue weighted by atomic mass is 19.1. The smallest absolute Gasteiger partial charge is 0.300 e. The molecule has 0 unspecified atom stereocenters. The van der Waals surface area contributed by atoms with Crippen molar-refractivity contribution in [1.82, 2.24) is 25.1 Å². The summed E-state index contributed by atoms with van der Waals surface area (Å²) in [5.41, 5.74) is 1.38. The van der Waals surface area contributed by atoms with Gasteiger partial charge in [-0.05, 0) is 31.2 Å². The normalized spacial score (nSPS) is 14.7. The molecule has 0 aliphatic carbocycles. The average Bonchev–Trinajstić information content (AvgIpc) is 3.45. The van der Waals surface area contributed by atoms with Gasteiger partial charge in [-0.3, -0.25) is 4.79 Å². The lowest BCUT2D eigenvalue weighted by molar-refractivity contribution is 0.0744. The van der Waals surface area contributed by atoms with E-state index >= 15 is 0 Å². The first-order valence-corrected chi connectivity index (χ1v) is 11.3. The van der Waals surface area contributed by atoms with E-state index < -0.39 is 17.0 Å². The van der Waals surface area contributed by atoms with Gasteiger partial charge in [-0.25, -0.2) is 9.37 Å². The van der Waals surface area contributed by atoms with Crippen LogP contribution >= 0.6 is 0 Å². The number of aryl methyl sites for hydroxylation is 1. The minimum Gasteiger partial charge on any atom is -0.507 e. The highest BCUT2D eigenvalue weighted by Gasteiger charge is 2.28. The van der Waals surface area contributed by atoms with Gasteiger partial charge in [0, 0.05) is 42.9 Å². The van der Waals surface area contributed by atoms with E-state index in [0.717, 1.165) is 11.8 Å². The summed E-state index contributed by atoms with van der Waals surface area (Å²) in [6.07, 6.45) is 0. The Kier molecular flexibility index (Phi) is 5.42. The molecule has 0 bridgehead atoms. The Hall–Kier alpha value is -4.02. The number of rotatable bonds is 3. The minimum absolute atomic E-state index is 0.0364. The summed E-state index contributed by atoms with van der Waals surface area (Å²) in [6.45, 7) is 9.26. The lowest BCUT2D eigenvalue weighted by atomic mass is 9.97. The molecule has 10 nitrogen and oxygen atoms in total. The van der Waals surface area contributed by atoms with Crippen LogP contribution in [-0.4, -0.2) is 62.3 Å². The van der Waals surface area contributed by atoms with Crippen LogP contribution in [-0.2, 0) is 5.41 Å². The number of hydrogen-bond donors (Lipinski definition) is 1. The van der Waals surface area contributed by atoms with Gasteiger partial charge in [0.25, 0.3) is 17.8 Å². The largest absolute Gasteiger partial charge is 0.507 e. The fraction of sp³-hybridized carbons (Fsp3) is 0.375. The van der Waals surface area contributed by atoms with Crippen LogP contribution in [0.3, 0.4) is 0 Å². The fourth-order valence-electron chi connectivity index (χ4n) is 3.88. The Balaban J connectivity index is 1.30. The van der Waals surface area contributed by atoms with E-state index in [1.807, 2.05) is 44.7 Å². The maximum absolute atomic E-state index is 14.9. The molecule has 0 radical (unpaired) electrons. The second kappa shape index (κ2) is 8.33. The molecule has 35 heavy (non-hydrogen) atoms. The summed E-state index contributed by atoms with van der Waals surface area (Å²) in [7, 11) is 0. The van der Waals surface area contributed by atoms with Crippen LogP contribution in [0.1, 0.15) is 42.7 Å². The summed E-state index contributed by atoms with van der Waals surface area (Å²) in [5.74, 6) is -1.47. The first-order valence-electron chi connectivity index (χ1n) is 11.3. The molecule has 1 N–H and O–H groups in total. The van der Waals surface area contributed by atoms with Gasteiger partial charge in [0.2, 0.25) is 11.5 Å². The molecule has 3 aromatic heterocycles. The topological polar surface area (TPSA) is 122 Å². The Bertz CT molecular complexity index is 1390. The fourth-order valence-corrected chi connectivity index (χ4v) is 3.88. The van der Waals surface area contributed by atoms with Crippen molar-refractivity contribution in [3.63, 3.8) is 0 Å². The number of aromatic nitrogens is 4. The van der Waals surface area contributed by atoms with E-state index in [2.05, 4.69) is 20.2 Å². The minimum atomic E-state index is -0.814. The van der Waals surface area contributed by atoms with Gasteiger partial charge >= 0.3 is 0 Å². The summed E-state index contributed by atoms with van der Waals surface area (Å²) < 4.78 is 26.3. The zero-order chi connectivity index (χ0) is 24.9. The van der Waals surface area contributed by atoms with Crippen LogP contribution in [0.25, 0.3) is 22.7 Å². The van der Waals surface area contributed by atoms with Gasteiger partial charge < -0.3 is 23.7 Å². The quantitative estimate of drug-likeness (QED) is 0.468. The van der Waals surface area contributed by atoms with Gasteiger partial charge in [-0.15, -0.1) is 10.2 Å². The lowest BCUT2D eigenvalue weighted by Crippen LogP contribution is -2.49. The Morgan fingerprint density at radius 3 is 2.46 bits per heavy atom. The number of hydrogen-bond acceptors (Lipinski definition) is 9. The van der Waals surface area contributed by atoms with Crippen LogP contribution in [0.2, 0.25) is 0 Å². The Labute approximate surface area is 200 Å². The number of phenols is 1. The third kappa shape index (κ3) is 4.29. The van der Waals surface area contributed by atoms with Crippen LogP contribution in [0, 0.1) is 12.7 Å².